The van der Waals surface area contributed by atoms with Crippen LogP contribution in [-0.4, -0.2) is 19.6 Å². The summed E-state index contributed by atoms with van der Waals surface area (Å²) in [6.45, 7) is 6.47. The van der Waals surface area contributed by atoms with E-state index in [4.69, 9.17) is 5.73 Å². The number of hydrogen-bond donors (Lipinski definition) is 2. The highest BCUT2D eigenvalue weighted by Gasteiger charge is 1.86. The molecule has 11 heavy (non-hydrogen) atoms. The van der Waals surface area contributed by atoms with Gasteiger partial charge in [-0.15, -0.1) is 6.58 Å². The van der Waals surface area contributed by atoms with Crippen molar-refractivity contribution in [3.63, 3.8) is 0 Å². The summed E-state index contributed by atoms with van der Waals surface area (Å²) in [7, 11) is 0. The second-order valence-electron chi connectivity index (χ2n) is 2.68. The smallest absolute Gasteiger partial charge is 0.00745 e. The average Bonchev–Trinajstić information content (AvgIpc) is 2.03. The summed E-state index contributed by atoms with van der Waals surface area (Å²) in [5.74, 6) is 0. The van der Waals surface area contributed by atoms with Crippen LogP contribution in [0.1, 0.15) is 25.7 Å². The molecule has 0 amide bonds. The van der Waals surface area contributed by atoms with Crippen molar-refractivity contribution in [3.05, 3.63) is 12.7 Å². The van der Waals surface area contributed by atoms with Gasteiger partial charge in [0.1, 0.15) is 0 Å². The summed E-state index contributed by atoms with van der Waals surface area (Å²) >= 11 is 0. The maximum atomic E-state index is 5.32. The first-order valence-electron chi connectivity index (χ1n) is 4.43. The van der Waals surface area contributed by atoms with Gasteiger partial charge >= 0.3 is 0 Å². The average molecular weight is 156 g/mol. The molecule has 0 radical (unpaired) electrons. The van der Waals surface area contributed by atoms with Crippen LogP contribution in [0.3, 0.4) is 0 Å². The lowest BCUT2D eigenvalue weighted by Crippen LogP contribution is -2.23. The van der Waals surface area contributed by atoms with Crippen molar-refractivity contribution in [1.29, 1.82) is 0 Å². The predicted molar refractivity (Wildman–Crippen MR) is 50.6 cm³/mol. The molecule has 0 saturated carbocycles. The number of hydrogen-bond acceptors (Lipinski definition) is 2. The maximum absolute atomic E-state index is 5.32. The minimum atomic E-state index is 0.743. The minimum absolute atomic E-state index is 0.743. The first kappa shape index (κ1) is 10.7. The highest BCUT2D eigenvalue weighted by molar-refractivity contribution is 4.65. The maximum Gasteiger partial charge on any atom is 0.00745 e. The van der Waals surface area contributed by atoms with Crippen LogP contribution in [0.5, 0.6) is 0 Å². The van der Waals surface area contributed by atoms with Crippen molar-refractivity contribution in [2.45, 2.75) is 25.7 Å². The summed E-state index contributed by atoms with van der Waals surface area (Å²) < 4.78 is 0. The van der Waals surface area contributed by atoms with Crippen molar-refractivity contribution >= 4 is 0 Å². The normalized spacial score (nSPS) is 9.91. The topological polar surface area (TPSA) is 38.0 Å². The van der Waals surface area contributed by atoms with E-state index in [1.54, 1.807) is 0 Å². The molecule has 2 heteroatoms. The molecule has 0 aromatic carbocycles. The van der Waals surface area contributed by atoms with Gasteiger partial charge in [0.25, 0.3) is 0 Å². The lowest BCUT2D eigenvalue weighted by molar-refractivity contribution is 0.610. The van der Waals surface area contributed by atoms with Gasteiger partial charge in [0.05, 0.1) is 0 Å². The molecule has 0 saturated heterocycles. The van der Waals surface area contributed by atoms with Gasteiger partial charge in [0.15, 0.2) is 0 Å². The standard InChI is InChI=1S/C9H20N2/c1-2-3-4-5-6-8-11-9-7-10/h2,11H,1,3-10H2. The highest BCUT2D eigenvalue weighted by Crippen LogP contribution is 1.98. The molecule has 0 bridgehead atoms. The van der Waals surface area contributed by atoms with Crippen LogP contribution in [0.2, 0.25) is 0 Å². The molecule has 66 valence electrons. The lowest BCUT2D eigenvalue weighted by Gasteiger charge is -2.01. The third-order valence-electron chi connectivity index (χ3n) is 1.58. The molecule has 0 aromatic heterocycles. The molecular weight excluding hydrogens is 136 g/mol. The Hall–Kier alpha value is -0.340. The Morgan fingerprint density at radius 2 is 2.00 bits per heavy atom. The molecule has 0 aromatic rings. The second kappa shape index (κ2) is 9.66. The summed E-state index contributed by atoms with van der Waals surface area (Å²) in [6.07, 6.45) is 6.95. The first-order chi connectivity index (χ1) is 5.41. The number of allylic oxidation sites excluding steroid dienone is 1. The van der Waals surface area contributed by atoms with Crippen LogP contribution in [0.25, 0.3) is 0 Å². The zero-order valence-electron chi connectivity index (χ0n) is 7.31. The Kier molecular flexibility index (Phi) is 9.36. The molecule has 0 heterocycles. The van der Waals surface area contributed by atoms with Gasteiger partial charge in [-0.05, 0) is 25.8 Å². The van der Waals surface area contributed by atoms with E-state index < -0.39 is 0 Å². The zero-order valence-corrected chi connectivity index (χ0v) is 7.31. The van der Waals surface area contributed by atoms with E-state index in [0.717, 1.165) is 26.1 Å². The Morgan fingerprint density at radius 1 is 1.18 bits per heavy atom. The van der Waals surface area contributed by atoms with Crippen molar-refractivity contribution in [2.24, 2.45) is 5.73 Å². The SMILES string of the molecule is C=CCCCCCNCCN. The third-order valence-corrected chi connectivity index (χ3v) is 1.58. The van der Waals surface area contributed by atoms with Gasteiger partial charge < -0.3 is 11.1 Å². The van der Waals surface area contributed by atoms with Gasteiger partial charge in [0, 0.05) is 13.1 Å². The van der Waals surface area contributed by atoms with Crippen molar-refractivity contribution in [3.8, 4) is 0 Å². The Balaban J connectivity index is 2.74. The number of unbranched alkanes of at least 4 members (excludes halogenated alkanes) is 3. The van der Waals surface area contributed by atoms with Crippen LogP contribution in [0.15, 0.2) is 12.7 Å². The second-order valence-corrected chi connectivity index (χ2v) is 2.68. The monoisotopic (exact) mass is 156 g/mol. The minimum Gasteiger partial charge on any atom is -0.329 e. The molecule has 0 unspecified atom stereocenters. The number of rotatable bonds is 8. The van der Waals surface area contributed by atoms with Crippen molar-refractivity contribution in [2.75, 3.05) is 19.6 Å². The van der Waals surface area contributed by atoms with Gasteiger partial charge in [-0.1, -0.05) is 12.5 Å². The summed E-state index contributed by atoms with van der Waals surface area (Å²) in [6, 6.07) is 0. The number of nitrogens with two attached hydrogens (primary N) is 1. The molecule has 0 aliphatic rings. The molecule has 2 nitrogen and oxygen atoms in total. The fraction of sp³-hybridized carbons (Fsp3) is 0.778. The van der Waals surface area contributed by atoms with Gasteiger partial charge in [-0.25, -0.2) is 0 Å². The molecule has 0 fully saturated rings. The van der Waals surface area contributed by atoms with E-state index in [2.05, 4.69) is 11.9 Å². The first-order valence-corrected chi connectivity index (χ1v) is 4.43. The zero-order chi connectivity index (χ0) is 8.36. The van der Waals surface area contributed by atoms with Crippen LogP contribution in [-0.2, 0) is 0 Å². The largest absolute Gasteiger partial charge is 0.329 e. The molecule has 0 aliphatic carbocycles. The molecule has 3 N–H and O–H groups in total. The highest BCUT2D eigenvalue weighted by atomic mass is 14.9. The van der Waals surface area contributed by atoms with E-state index in [9.17, 15) is 0 Å². The quantitative estimate of drug-likeness (QED) is 0.410. The van der Waals surface area contributed by atoms with Crippen LogP contribution < -0.4 is 11.1 Å². The fourth-order valence-corrected chi connectivity index (χ4v) is 0.943. The van der Waals surface area contributed by atoms with Crippen LogP contribution >= 0.6 is 0 Å². The van der Waals surface area contributed by atoms with E-state index in [1.165, 1.54) is 19.3 Å². The Labute approximate surface area is 69.9 Å². The fourth-order valence-electron chi connectivity index (χ4n) is 0.943. The molecule has 0 rings (SSSR count). The summed E-state index contributed by atoms with van der Waals surface area (Å²) in [5, 5.41) is 3.26. The van der Waals surface area contributed by atoms with Crippen molar-refractivity contribution in [1.82, 2.24) is 5.32 Å². The van der Waals surface area contributed by atoms with E-state index in [0.29, 0.717) is 0 Å². The molecule has 0 spiro atoms. The number of nitrogens with one attached hydrogen (secondary N) is 1. The van der Waals surface area contributed by atoms with E-state index in [1.807, 2.05) is 6.08 Å². The molecular formula is C9H20N2. The van der Waals surface area contributed by atoms with E-state index in [-0.39, 0.29) is 0 Å². The summed E-state index contributed by atoms with van der Waals surface area (Å²) in [5.41, 5.74) is 5.32. The van der Waals surface area contributed by atoms with Gasteiger partial charge in [-0.3, -0.25) is 0 Å². The Bertz CT molecular complexity index is 81.6. The Morgan fingerprint density at radius 3 is 2.64 bits per heavy atom. The van der Waals surface area contributed by atoms with Crippen LogP contribution in [0.4, 0.5) is 0 Å². The molecule has 0 aliphatic heterocycles. The van der Waals surface area contributed by atoms with E-state index >= 15 is 0 Å². The lowest BCUT2D eigenvalue weighted by atomic mass is 10.2. The predicted octanol–water partition coefficient (Wildman–Crippen LogP) is 1.28. The molecule has 0 atom stereocenters. The van der Waals surface area contributed by atoms with Gasteiger partial charge in [0.2, 0.25) is 0 Å². The van der Waals surface area contributed by atoms with Crippen LogP contribution in [0, 0.1) is 0 Å². The summed E-state index contributed by atoms with van der Waals surface area (Å²) in [4.78, 5) is 0. The van der Waals surface area contributed by atoms with Crippen molar-refractivity contribution < 1.29 is 0 Å². The third kappa shape index (κ3) is 9.66. The van der Waals surface area contributed by atoms with Gasteiger partial charge in [-0.2, -0.15) is 0 Å².